The molecule has 0 aliphatic heterocycles. The van der Waals surface area contributed by atoms with Gasteiger partial charge < -0.3 is 0 Å². The first-order valence-corrected chi connectivity index (χ1v) is 7.54. The van der Waals surface area contributed by atoms with E-state index < -0.39 is 0 Å². The summed E-state index contributed by atoms with van der Waals surface area (Å²) in [6.07, 6.45) is 0. The van der Waals surface area contributed by atoms with Crippen molar-refractivity contribution in [3.8, 4) is 11.1 Å². The first kappa shape index (κ1) is 14.9. The summed E-state index contributed by atoms with van der Waals surface area (Å²) in [7, 11) is 10.9. The Hall–Kier alpha value is -0.465. The van der Waals surface area contributed by atoms with Crippen LogP contribution in [0, 0.1) is 0 Å². The van der Waals surface area contributed by atoms with Crippen LogP contribution in [0.5, 0.6) is 0 Å². The van der Waals surface area contributed by atoms with Gasteiger partial charge in [-0.1, -0.05) is 44.5 Å². The zero-order chi connectivity index (χ0) is 14.3. The minimum Gasteiger partial charge on any atom is -0.102 e. The lowest BCUT2D eigenvalue weighted by Crippen LogP contribution is -2.55. The predicted molar refractivity (Wildman–Crippen MR) is 105 cm³/mol. The molecule has 19 heavy (non-hydrogen) atoms. The summed E-state index contributed by atoms with van der Waals surface area (Å²) in [5.41, 5.74) is 9.14. The standard InChI is InChI=1S/C12H13B5BrCl/c13-8-7(5-2-1-4(18)3-6(5)19)9(14)11(16)12(17)10(8)15/h1-3H,13-17H2. The Morgan fingerprint density at radius 1 is 0.789 bits per heavy atom. The van der Waals surface area contributed by atoms with Crippen LogP contribution in [0.2, 0.25) is 5.02 Å². The van der Waals surface area contributed by atoms with Gasteiger partial charge in [-0.25, -0.2) is 0 Å². The molecule has 0 saturated heterocycles. The molecular formula is C12H13B5BrCl. The molecule has 90 valence electrons. The molecule has 0 heterocycles. The van der Waals surface area contributed by atoms with Gasteiger partial charge in [0.25, 0.3) is 0 Å². The van der Waals surface area contributed by atoms with Gasteiger partial charge in [0.1, 0.15) is 39.2 Å². The smallest absolute Gasteiger partial charge is 0.102 e. The van der Waals surface area contributed by atoms with Gasteiger partial charge in [-0.3, -0.25) is 0 Å². The minimum atomic E-state index is 0.795. The van der Waals surface area contributed by atoms with Crippen molar-refractivity contribution in [2.24, 2.45) is 0 Å². The molecule has 0 spiro atoms. The first-order chi connectivity index (χ1) is 8.84. The Bertz CT molecular complexity index is 643. The zero-order valence-electron chi connectivity index (χ0n) is 12.0. The van der Waals surface area contributed by atoms with Crippen LogP contribution in [-0.4, -0.2) is 39.2 Å². The summed E-state index contributed by atoms with van der Waals surface area (Å²) in [5.74, 6) is 0. The molecule has 0 amide bonds. The van der Waals surface area contributed by atoms with Crippen molar-refractivity contribution < 1.29 is 0 Å². The van der Waals surface area contributed by atoms with Crippen LogP contribution < -0.4 is 27.3 Å². The largest absolute Gasteiger partial charge is 0.139 e. The van der Waals surface area contributed by atoms with Gasteiger partial charge in [0.15, 0.2) is 0 Å². The van der Waals surface area contributed by atoms with E-state index in [1.807, 2.05) is 12.1 Å². The second-order valence-electron chi connectivity index (χ2n) is 5.12. The highest BCUT2D eigenvalue weighted by molar-refractivity contribution is 9.10. The second-order valence-corrected chi connectivity index (χ2v) is 6.45. The van der Waals surface area contributed by atoms with Crippen LogP contribution in [-0.2, 0) is 0 Å². The maximum absolute atomic E-state index is 6.42. The Labute approximate surface area is 132 Å². The predicted octanol–water partition coefficient (Wildman–Crippen LogP) is -3.94. The summed E-state index contributed by atoms with van der Waals surface area (Å²) in [4.78, 5) is 0. The fourth-order valence-electron chi connectivity index (χ4n) is 2.60. The molecule has 0 aliphatic carbocycles. The average Bonchev–Trinajstić information content (AvgIpc) is 2.37. The van der Waals surface area contributed by atoms with Gasteiger partial charge in [0, 0.05) is 9.50 Å². The number of hydrogen-bond acceptors (Lipinski definition) is 0. The normalized spacial score (nSPS) is 10.6. The minimum absolute atomic E-state index is 0.795. The van der Waals surface area contributed by atoms with E-state index in [1.165, 1.54) is 32.9 Å². The van der Waals surface area contributed by atoms with E-state index in [0.717, 1.165) is 15.1 Å². The fourth-order valence-corrected chi connectivity index (χ4v) is 3.36. The van der Waals surface area contributed by atoms with Gasteiger partial charge in [0.2, 0.25) is 0 Å². The third kappa shape index (κ3) is 2.58. The maximum Gasteiger partial charge on any atom is 0.139 e. The molecule has 0 saturated carbocycles. The first-order valence-electron chi connectivity index (χ1n) is 6.37. The number of benzene rings is 2. The molecule has 0 N–H and O–H groups in total. The van der Waals surface area contributed by atoms with Crippen molar-refractivity contribution in [2.75, 3.05) is 0 Å². The van der Waals surface area contributed by atoms with Gasteiger partial charge >= 0.3 is 0 Å². The molecule has 7 heteroatoms. The van der Waals surface area contributed by atoms with Crippen LogP contribution in [0.15, 0.2) is 22.7 Å². The molecule has 2 aromatic rings. The maximum atomic E-state index is 6.42. The average molecular weight is 327 g/mol. The van der Waals surface area contributed by atoms with Crippen LogP contribution >= 0.6 is 27.5 Å². The molecular weight excluding hydrogens is 314 g/mol. The lowest BCUT2D eigenvalue weighted by atomic mass is 9.59. The van der Waals surface area contributed by atoms with E-state index in [4.69, 9.17) is 11.6 Å². The van der Waals surface area contributed by atoms with Crippen LogP contribution in [0.1, 0.15) is 0 Å². The van der Waals surface area contributed by atoms with E-state index in [-0.39, 0.29) is 0 Å². The number of rotatable bonds is 1. The monoisotopic (exact) mass is 326 g/mol. The van der Waals surface area contributed by atoms with E-state index in [9.17, 15) is 0 Å². The summed E-state index contributed by atoms with van der Waals surface area (Å²) >= 11 is 9.88. The number of hydrogen-bond donors (Lipinski definition) is 0. The fraction of sp³-hybridized carbons (Fsp3) is 0. The summed E-state index contributed by atoms with van der Waals surface area (Å²) in [6.45, 7) is 0. The molecule has 2 aromatic carbocycles. The molecule has 0 bridgehead atoms. The van der Waals surface area contributed by atoms with Gasteiger partial charge in [-0.05, 0) is 23.3 Å². The number of halogens is 2. The molecule has 0 fully saturated rings. The van der Waals surface area contributed by atoms with Crippen molar-refractivity contribution in [1.82, 2.24) is 0 Å². The van der Waals surface area contributed by atoms with Crippen molar-refractivity contribution in [1.29, 1.82) is 0 Å². The van der Waals surface area contributed by atoms with E-state index in [0.29, 0.717) is 0 Å². The SMILES string of the molecule is Bc1c(B)c(B)c(-c2ccc(Br)cc2Cl)c(B)c1B. The lowest BCUT2D eigenvalue weighted by molar-refractivity contribution is 1.64. The molecule has 0 unspecified atom stereocenters. The summed E-state index contributed by atoms with van der Waals surface area (Å²) < 4.78 is 1.01. The highest BCUT2D eigenvalue weighted by atomic mass is 79.9. The third-order valence-corrected chi connectivity index (χ3v) is 5.01. The highest BCUT2D eigenvalue weighted by Gasteiger charge is 2.14. The van der Waals surface area contributed by atoms with Gasteiger partial charge in [-0.15, -0.1) is 16.4 Å². The highest BCUT2D eigenvalue weighted by Crippen LogP contribution is 2.27. The van der Waals surface area contributed by atoms with Crippen LogP contribution in [0.4, 0.5) is 0 Å². The van der Waals surface area contributed by atoms with Crippen molar-refractivity contribution >= 4 is 94.1 Å². The molecule has 0 atom stereocenters. The molecule has 0 aromatic heterocycles. The van der Waals surface area contributed by atoms with Crippen LogP contribution in [0.3, 0.4) is 0 Å². The topological polar surface area (TPSA) is 0 Å². The van der Waals surface area contributed by atoms with Crippen LogP contribution in [0.25, 0.3) is 11.1 Å². The Balaban J connectivity index is 2.83. The van der Waals surface area contributed by atoms with Crippen molar-refractivity contribution in [2.45, 2.75) is 0 Å². The lowest BCUT2D eigenvalue weighted by Gasteiger charge is -2.21. The molecule has 2 rings (SSSR count). The Kier molecular flexibility index (Phi) is 4.32. The van der Waals surface area contributed by atoms with Crippen molar-refractivity contribution in [3.05, 3.63) is 27.7 Å². The second kappa shape index (κ2) is 5.50. The molecule has 0 aliphatic rings. The Morgan fingerprint density at radius 2 is 1.26 bits per heavy atom. The molecule has 0 nitrogen and oxygen atoms in total. The molecule has 0 radical (unpaired) electrons. The van der Waals surface area contributed by atoms with Gasteiger partial charge in [-0.2, -0.15) is 0 Å². The van der Waals surface area contributed by atoms with Crippen molar-refractivity contribution in [3.63, 3.8) is 0 Å². The van der Waals surface area contributed by atoms with E-state index in [1.54, 1.807) is 0 Å². The third-order valence-electron chi connectivity index (χ3n) is 4.20. The zero-order valence-corrected chi connectivity index (χ0v) is 14.3. The van der Waals surface area contributed by atoms with Gasteiger partial charge in [0.05, 0.1) is 0 Å². The quantitative estimate of drug-likeness (QED) is 0.470. The summed E-state index contributed by atoms with van der Waals surface area (Å²) in [6, 6.07) is 6.10. The Morgan fingerprint density at radius 3 is 1.74 bits per heavy atom. The van der Waals surface area contributed by atoms with E-state index >= 15 is 0 Å². The van der Waals surface area contributed by atoms with E-state index in [2.05, 4.69) is 61.2 Å². The summed E-state index contributed by atoms with van der Waals surface area (Å²) in [5, 5.41) is 0.795.